The molecule has 0 radical (unpaired) electrons. The van der Waals surface area contributed by atoms with E-state index in [4.69, 9.17) is 10.4 Å². The first-order chi connectivity index (χ1) is 7.67. The maximum atomic E-state index is 10.6. The summed E-state index contributed by atoms with van der Waals surface area (Å²) in [6.07, 6.45) is 3.09. The molecule has 0 fully saturated rings. The van der Waals surface area contributed by atoms with E-state index in [1.54, 1.807) is 23.1 Å². The van der Waals surface area contributed by atoms with E-state index in [1.165, 1.54) is 6.20 Å². The maximum Gasteiger partial charge on any atom is 0.323 e. The van der Waals surface area contributed by atoms with Gasteiger partial charge in [-0.15, -0.1) is 6.58 Å². The predicted octanol–water partition coefficient (Wildman–Crippen LogP) is 1.03. The minimum Gasteiger partial charge on any atom is -0.480 e. The van der Waals surface area contributed by atoms with Crippen LogP contribution in [-0.4, -0.2) is 29.1 Å². The first-order valence-electron chi connectivity index (χ1n) is 4.61. The minimum absolute atomic E-state index is 0.125. The number of nitriles is 1. The third-order valence-corrected chi connectivity index (χ3v) is 1.90. The van der Waals surface area contributed by atoms with E-state index in [-0.39, 0.29) is 6.54 Å². The Bertz CT molecular complexity index is 420. The minimum atomic E-state index is -0.925. The van der Waals surface area contributed by atoms with Gasteiger partial charge in [0.15, 0.2) is 0 Å². The SMILES string of the molecule is C=CCN(CC(=O)O)c1ccc(C#N)nc1. The summed E-state index contributed by atoms with van der Waals surface area (Å²) in [5.74, 6) is -0.925. The van der Waals surface area contributed by atoms with Crippen LogP contribution in [0.1, 0.15) is 5.69 Å². The van der Waals surface area contributed by atoms with E-state index in [2.05, 4.69) is 11.6 Å². The van der Waals surface area contributed by atoms with E-state index in [0.717, 1.165) is 0 Å². The standard InChI is InChI=1S/C11H11N3O2/c1-2-5-14(8-11(15)16)10-4-3-9(6-12)13-7-10/h2-4,7H,1,5,8H2,(H,15,16). The number of aromatic nitrogens is 1. The maximum absolute atomic E-state index is 10.6. The fourth-order valence-electron chi connectivity index (χ4n) is 1.22. The van der Waals surface area contributed by atoms with E-state index >= 15 is 0 Å². The highest BCUT2D eigenvalue weighted by molar-refractivity contribution is 5.73. The number of rotatable bonds is 5. The zero-order valence-corrected chi connectivity index (χ0v) is 8.63. The molecule has 0 spiro atoms. The molecule has 0 saturated heterocycles. The third-order valence-electron chi connectivity index (χ3n) is 1.90. The number of hydrogen-bond donors (Lipinski definition) is 1. The summed E-state index contributed by atoms with van der Waals surface area (Å²) >= 11 is 0. The molecule has 0 bridgehead atoms. The molecule has 1 aromatic heterocycles. The summed E-state index contributed by atoms with van der Waals surface area (Å²) in [5, 5.41) is 17.3. The van der Waals surface area contributed by atoms with Crippen molar-refractivity contribution in [1.82, 2.24) is 4.98 Å². The Labute approximate surface area is 93.3 Å². The van der Waals surface area contributed by atoms with Gasteiger partial charge < -0.3 is 10.0 Å². The first kappa shape index (κ1) is 11.7. The van der Waals surface area contributed by atoms with Gasteiger partial charge in [-0.2, -0.15) is 5.26 Å². The molecule has 5 nitrogen and oxygen atoms in total. The van der Waals surface area contributed by atoms with Crippen LogP contribution in [0.2, 0.25) is 0 Å². The molecule has 5 heteroatoms. The summed E-state index contributed by atoms with van der Waals surface area (Å²) in [7, 11) is 0. The molecule has 0 unspecified atom stereocenters. The van der Waals surface area contributed by atoms with Crippen molar-refractivity contribution < 1.29 is 9.90 Å². The Hall–Kier alpha value is -2.35. The lowest BCUT2D eigenvalue weighted by Crippen LogP contribution is -2.29. The predicted molar refractivity (Wildman–Crippen MR) is 59.0 cm³/mol. The largest absolute Gasteiger partial charge is 0.480 e. The van der Waals surface area contributed by atoms with Gasteiger partial charge in [0.1, 0.15) is 18.3 Å². The molecule has 1 N–H and O–H groups in total. The second-order valence-corrected chi connectivity index (χ2v) is 3.08. The van der Waals surface area contributed by atoms with Gasteiger partial charge in [0.2, 0.25) is 0 Å². The van der Waals surface area contributed by atoms with Crippen LogP contribution in [0.5, 0.6) is 0 Å². The van der Waals surface area contributed by atoms with Gasteiger partial charge in [-0.05, 0) is 12.1 Å². The lowest BCUT2D eigenvalue weighted by Gasteiger charge is -2.20. The molecule has 0 aliphatic rings. The number of carboxylic acids is 1. The number of anilines is 1. The van der Waals surface area contributed by atoms with Crippen LogP contribution in [0.15, 0.2) is 31.0 Å². The van der Waals surface area contributed by atoms with E-state index < -0.39 is 5.97 Å². The summed E-state index contributed by atoms with van der Waals surface area (Å²) in [6, 6.07) is 5.11. The average molecular weight is 217 g/mol. The highest BCUT2D eigenvalue weighted by Crippen LogP contribution is 2.12. The van der Waals surface area contributed by atoms with Gasteiger partial charge in [-0.3, -0.25) is 4.79 Å². The molecule has 16 heavy (non-hydrogen) atoms. The first-order valence-corrected chi connectivity index (χ1v) is 4.61. The van der Waals surface area contributed by atoms with Crippen LogP contribution in [0, 0.1) is 11.3 Å². The molecule has 1 rings (SSSR count). The molecule has 1 aromatic rings. The van der Waals surface area contributed by atoms with Crippen LogP contribution < -0.4 is 4.90 Å². The van der Waals surface area contributed by atoms with Crippen LogP contribution in [-0.2, 0) is 4.79 Å². The molecule has 0 amide bonds. The van der Waals surface area contributed by atoms with Crippen molar-refractivity contribution in [3.05, 3.63) is 36.7 Å². The van der Waals surface area contributed by atoms with Crippen LogP contribution >= 0.6 is 0 Å². The van der Waals surface area contributed by atoms with Gasteiger partial charge in [-0.25, -0.2) is 4.98 Å². The highest BCUT2D eigenvalue weighted by Gasteiger charge is 2.09. The number of aliphatic carboxylic acids is 1. The van der Waals surface area contributed by atoms with Gasteiger partial charge in [0.25, 0.3) is 0 Å². The summed E-state index contributed by atoms with van der Waals surface area (Å²) in [4.78, 5) is 16.1. The van der Waals surface area contributed by atoms with Crippen molar-refractivity contribution in [3.63, 3.8) is 0 Å². The second-order valence-electron chi connectivity index (χ2n) is 3.08. The van der Waals surface area contributed by atoms with Crippen molar-refractivity contribution in [2.45, 2.75) is 0 Å². The van der Waals surface area contributed by atoms with Crippen LogP contribution in [0.3, 0.4) is 0 Å². The fourth-order valence-corrected chi connectivity index (χ4v) is 1.22. The molecular formula is C11H11N3O2. The van der Waals surface area contributed by atoms with Crippen molar-refractivity contribution in [2.75, 3.05) is 18.0 Å². The Morgan fingerprint density at radius 3 is 2.88 bits per heavy atom. The number of carbonyl (C=O) groups is 1. The smallest absolute Gasteiger partial charge is 0.323 e. The Morgan fingerprint density at radius 2 is 2.44 bits per heavy atom. The second kappa shape index (κ2) is 5.51. The van der Waals surface area contributed by atoms with Crippen molar-refractivity contribution in [1.29, 1.82) is 5.26 Å². The fraction of sp³-hybridized carbons (Fsp3) is 0.182. The van der Waals surface area contributed by atoms with Gasteiger partial charge in [0, 0.05) is 6.54 Å². The Morgan fingerprint density at radius 1 is 1.69 bits per heavy atom. The van der Waals surface area contributed by atoms with E-state index in [9.17, 15) is 4.79 Å². The lowest BCUT2D eigenvalue weighted by atomic mass is 10.3. The molecule has 0 aromatic carbocycles. The molecule has 0 saturated carbocycles. The number of pyridine rings is 1. The molecule has 1 heterocycles. The molecule has 82 valence electrons. The number of hydrogen-bond acceptors (Lipinski definition) is 4. The van der Waals surface area contributed by atoms with Crippen LogP contribution in [0.25, 0.3) is 0 Å². The van der Waals surface area contributed by atoms with Crippen molar-refractivity contribution in [2.24, 2.45) is 0 Å². The zero-order chi connectivity index (χ0) is 12.0. The molecular weight excluding hydrogens is 206 g/mol. The van der Waals surface area contributed by atoms with Crippen molar-refractivity contribution in [3.8, 4) is 6.07 Å². The third kappa shape index (κ3) is 3.10. The molecule has 0 atom stereocenters. The molecule has 0 aliphatic heterocycles. The number of carboxylic acid groups (broad SMARTS) is 1. The monoisotopic (exact) mass is 217 g/mol. The van der Waals surface area contributed by atoms with E-state index in [1.807, 2.05) is 6.07 Å². The summed E-state index contributed by atoms with van der Waals surface area (Å²) in [6.45, 7) is 3.85. The van der Waals surface area contributed by atoms with Crippen LogP contribution in [0.4, 0.5) is 5.69 Å². The summed E-state index contributed by atoms with van der Waals surface area (Å²) in [5.41, 5.74) is 0.957. The Balaban J connectivity index is 2.88. The normalized spacial score (nSPS) is 9.19. The lowest BCUT2D eigenvalue weighted by molar-refractivity contribution is -0.135. The van der Waals surface area contributed by atoms with E-state index in [0.29, 0.717) is 17.9 Å². The zero-order valence-electron chi connectivity index (χ0n) is 8.63. The Kier molecular flexibility index (Phi) is 4.04. The summed E-state index contributed by atoms with van der Waals surface area (Å²) < 4.78 is 0. The topological polar surface area (TPSA) is 77.2 Å². The highest BCUT2D eigenvalue weighted by atomic mass is 16.4. The quantitative estimate of drug-likeness (QED) is 0.745. The van der Waals surface area contributed by atoms with Gasteiger partial charge in [0.05, 0.1) is 11.9 Å². The average Bonchev–Trinajstić information content (AvgIpc) is 2.28. The van der Waals surface area contributed by atoms with Crippen molar-refractivity contribution >= 4 is 11.7 Å². The molecule has 0 aliphatic carbocycles. The van der Waals surface area contributed by atoms with Gasteiger partial charge >= 0.3 is 5.97 Å². The number of nitrogens with zero attached hydrogens (tertiary/aromatic N) is 3. The van der Waals surface area contributed by atoms with Gasteiger partial charge in [-0.1, -0.05) is 6.08 Å².